The van der Waals surface area contributed by atoms with Gasteiger partial charge in [0.05, 0.1) is 17.7 Å². The second-order valence-electron chi connectivity index (χ2n) is 10.2. The Morgan fingerprint density at radius 2 is 1.50 bits per heavy atom. The van der Waals surface area contributed by atoms with Gasteiger partial charge in [0.15, 0.2) is 0 Å². The summed E-state index contributed by atoms with van der Waals surface area (Å²) in [4.78, 5) is 29.1. The molecule has 1 aliphatic rings. The zero-order valence-corrected chi connectivity index (χ0v) is 26.0. The van der Waals surface area contributed by atoms with Crippen LogP contribution in [0.4, 0.5) is 5.69 Å². The fourth-order valence-electron chi connectivity index (χ4n) is 5.08. The van der Waals surface area contributed by atoms with Crippen LogP contribution in [0.5, 0.6) is 5.75 Å². The zero-order chi connectivity index (χ0) is 30.3. The van der Waals surface area contributed by atoms with E-state index in [1.54, 1.807) is 60.7 Å². The molecule has 11 heteroatoms. The lowest BCUT2D eigenvalue weighted by Gasteiger charge is -2.33. The highest BCUT2D eigenvalue weighted by molar-refractivity contribution is 7.92. The van der Waals surface area contributed by atoms with Crippen molar-refractivity contribution in [1.29, 1.82) is 0 Å². The molecule has 8 nitrogen and oxygen atoms in total. The highest BCUT2D eigenvalue weighted by atomic mass is 35.5. The molecular weight excluding hydrogens is 597 g/mol. The first kappa shape index (κ1) is 31.7. The molecule has 224 valence electrons. The maximum Gasteiger partial charge on any atom is 0.264 e. The number of carbonyl (C=O) groups excluding carboxylic acids is 2. The first-order valence-electron chi connectivity index (χ1n) is 13.9. The fraction of sp³-hybridized carbons (Fsp3) is 0.355. The Bertz CT molecular complexity index is 1460. The van der Waals surface area contributed by atoms with Crippen molar-refractivity contribution in [2.75, 3.05) is 18.0 Å². The Balaban J connectivity index is 1.70. The van der Waals surface area contributed by atoms with E-state index >= 15 is 0 Å². The molecule has 0 radical (unpaired) electrons. The van der Waals surface area contributed by atoms with E-state index in [1.165, 1.54) is 24.1 Å². The summed E-state index contributed by atoms with van der Waals surface area (Å²) >= 11 is 12.2. The van der Waals surface area contributed by atoms with Crippen molar-refractivity contribution >= 4 is 50.7 Å². The van der Waals surface area contributed by atoms with E-state index in [2.05, 4.69) is 5.32 Å². The topological polar surface area (TPSA) is 96.0 Å². The van der Waals surface area contributed by atoms with E-state index in [4.69, 9.17) is 27.9 Å². The molecule has 2 amide bonds. The maximum absolute atomic E-state index is 14.2. The van der Waals surface area contributed by atoms with Crippen LogP contribution < -0.4 is 14.4 Å². The number of carbonyl (C=O) groups is 2. The van der Waals surface area contributed by atoms with Crippen LogP contribution >= 0.6 is 23.2 Å². The summed E-state index contributed by atoms with van der Waals surface area (Å²) in [5, 5.41) is 4.07. The van der Waals surface area contributed by atoms with Crippen LogP contribution in [-0.4, -0.2) is 50.9 Å². The Morgan fingerprint density at radius 3 is 2.05 bits per heavy atom. The summed E-state index contributed by atoms with van der Waals surface area (Å²) in [6, 6.07) is 18.4. The van der Waals surface area contributed by atoms with Gasteiger partial charge in [-0.25, -0.2) is 8.42 Å². The SMILES string of the molecule is CCC(C(=O)NC1CCCC1)N(Cc1ccc(Cl)cc1)C(=O)CN(c1ccc(Cl)cc1)S(=O)(=O)c1ccc(OC)cc1. The zero-order valence-electron chi connectivity index (χ0n) is 23.6. The van der Waals surface area contributed by atoms with Crippen molar-refractivity contribution in [1.82, 2.24) is 10.2 Å². The van der Waals surface area contributed by atoms with Crippen LogP contribution in [-0.2, 0) is 26.2 Å². The van der Waals surface area contributed by atoms with Gasteiger partial charge >= 0.3 is 0 Å². The van der Waals surface area contributed by atoms with Crippen LogP contribution in [0.15, 0.2) is 77.7 Å². The normalized spacial score (nSPS) is 14.3. The smallest absolute Gasteiger partial charge is 0.264 e. The number of nitrogens with zero attached hydrogens (tertiary/aromatic N) is 2. The Morgan fingerprint density at radius 1 is 0.929 bits per heavy atom. The van der Waals surface area contributed by atoms with Crippen molar-refractivity contribution < 1.29 is 22.7 Å². The first-order chi connectivity index (χ1) is 20.1. The summed E-state index contributed by atoms with van der Waals surface area (Å²) in [5.41, 5.74) is 1.02. The molecule has 0 spiro atoms. The molecule has 0 bridgehead atoms. The molecule has 1 aliphatic carbocycles. The number of amides is 2. The lowest BCUT2D eigenvalue weighted by Crippen LogP contribution is -2.53. The van der Waals surface area contributed by atoms with Crippen molar-refractivity contribution in [3.05, 3.63) is 88.4 Å². The standard InChI is InChI=1S/C31H35Cl2N3O5S/c1-3-29(31(38)34-25-6-4-5-7-25)35(20-22-8-10-23(32)11-9-22)30(37)21-36(26-14-12-24(33)13-15-26)42(39,40)28-18-16-27(41-2)17-19-28/h8-19,25,29H,3-7,20-21H2,1-2H3,(H,34,38). The van der Waals surface area contributed by atoms with Gasteiger partial charge in [0.2, 0.25) is 11.8 Å². The van der Waals surface area contributed by atoms with Crippen LogP contribution in [0.2, 0.25) is 10.0 Å². The number of nitrogens with one attached hydrogen (secondary N) is 1. The van der Waals surface area contributed by atoms with Crippen molar-refractivity contribution in [2.45, 2.75) is 62.6 Å². The quantitative estimate of drug-likeness (QED) is 0.262. The molecule has 3 aromatic carbocycles. The number of ether oxygens (including phenoxy) is 1. The summed E-state index contributed by atoms with van der Waals surface area (Å²) in [6.45, 7) is 1.41. The van der Waals surface area contributed by atoms with Crippen molar-refractivity contribution in [3.63, 3.8) is 0 Å². The Hall–Kier alpha value is -3.27. The number of benzene rings is 3. The summed E-state index contributed by atoms with van der Waals surface area (Å²) in [6.07, 6.45) is 4.25. The second-order valence-corrected chi connectivity index (χ2v) is 13.0. The molecule has 1 fully saturated rings. The molecule has 4 rings (SSSR count). The number of hydrogen-bond donors (Lipinski definition) is 1. The number of hydrogen-bond acceptors (Lipinski definition) is 5. The minimum absolute atomic E-state index is 0.0127. The third-order valence-electron chi connectivity index (χ3n) is 7.39. The predicted octanol–water partition coefficient (Wildman–Crippen LogP) is 6.06. The van der Waals surface area contributed by atoms with Gasteiger partial charge in [0.1, 0.15) is 18.3 Å². The Kier molecular flexibility index (Phi) is 10.8. The molecule has 1 N–H and O–H groups in total. The largest absolute Gasteiger partial charge is 0.497 e. The monoisotopic (exact) mass is 631 g/mol. The molecule has 1 saturated carbocycles. The lowest BCUT2D eigenvalue weighted by molar-refractivity contribution is -0.140. The molecule has 1 atom stereocenters. The highest BCUT2D eigenvalue weighted by Gasteiger charge is 2.34. The van der Waals surface area contributed by atoms with Crippen LogP contribution in [0.1, 0.15) is 44.6 Å². The van der Waals surface area contributed by atoms with Gasteiger partial charge in [0.25, 0.3) is 10.0 Å². The van der Waals surface area contributed by atoms with E-state index in [0.29, 0.717) is 22.2 Å². The van der Waals surface area contributed by atoms with E-state index in [9.17, 15) is 18.0 Å². The third kappa shape index (κ3) is 7.76. The first-order valence-corrected chi connectivity index (χ1v) is 16.1. The number of anilines is 1. The molecule has 0 aliphatic heterocycles. The minimum atomic E-state index is -4.20. The third-order valence-corrected chi connectivity index (χ3v) is 9.69. The van der Waals surface area contributed by atoms with E-state index in [1.807, 2.05) is 6.92 Å². The summed E-state index contributed by atoms with van der Waals surface area (Å²) in [5.74, 6) is -0.274. The van der Waals surface area contributed by atoms with Gasteiger partial charge in [-0.1, -0.05) is 55.1 Å². The van der Waals surface area contributed by atoms with Gasteiger partial charge in [0, 0.05) is 22.6 Å². The molecule has 0 saturated heterocycles. The van der Waals surface area contributed by atoms with E-state index in [0.717, 1.165) is 35.6 Å². The van der Waals surface area contributed by atoms with Gasteiger partial charge < -0.3 is 15.0 Å². The van der Waals surface area contributed by atoms with Gasteiger partial charge in [-0.2, -0.15) is 0 Å². The van der Waals surface area contributed by atoms with E-state index < -0.39 is 28.5 Å². The van der Waals surface area contributed by atoms with Crippen LogP contribution in [0.25, 0.3) is 0 Å². The van der Waals surface area contributed by atoms with Crippen LogP contribution in [0, 0.1) is 0 Å². The second kappa shape index (κ2) is 14.3. The summed E-state index contributed by atoms with van der Waals surface area (Å²) in [7, 11) is -2.71. The van der Waals surface area contributed by atoms with E-state index in [-0.39, 0.29) is 29.1 Å². The average molecular weight is 633 g/mol. The van der Waals surface area contributed by atoms with Crippen molar-refractivity contribution in [3.8, 4) is 5.75 Å². The molecule has 0 heterocycles. The number of rotatable bonds is 12. The maximum atomic E-state index is 14.2. The molecule has 1 unspecified atom stereocenters. The molecule has 3 aromatic rings. The van der Waals surface area contributed by atoms with Gasteiger partial charge in [-0.05, 0) is 85.5 Å². The van der Waals surface area contributed by atoms with Gasteiger partial charge in [-0.15, -0.1) is 0 Å². The molecule has 42 heavy (non-hydrogen) atoms. The number of methoxy groups -OCH3 is 1. The van der Waals surface area contributed by atoms with Crippen molar-refractivity contribution in [2.24, 2.45) is 0 Å². The van der Waals surface area contributed by atoms with Gasteiger partial charge in [-0.3, -0.25) is 13.9 Å². The summed E-state index contributed by atoms with van der Waals surface area (Å²) < 4.78 is 34.1. The molecular formula is C31H35Cl2N3O5S. The predicted molar refractivity (Wildman–Crippen MR) is 165 cm³/mol. The van der Waals surface area contributed by atoms with Crippen LogP contribution in [0.3, 0.4) is 0 Å². The number of sulfonamides is 1. The fourth-order valence-corrected chi connectivity index (χ4v) is 6.75. The average Bonchev–Trinajstić information content (AvgIpc) is 3.50. The number of halogens is 2. The highest BCUT2D eigenvalue weighted by Crippen LogP contribution is 2.27. The molecule has 0 aromatic heterocycles. The lowest BCUT2D eigenvalue weighted by atomic mass is 10.1. The Labute approximate surface area is 257 Å². The minimum Gasteiger partial charge on any atom is -0.497 e.